The van der Waals surface area contributed by atoms with Crippen molar-refractivity contribution in [3.05, 3.63) is 36.2 Å². The molecule has 1 rings (SSSR count). The summed E-state index contributed by atoms with van der Waals surface area (Å²) < 4.78 is 0. The van der Waals surface area contributed by atoms with Gasteiger partial charge in [-0.1, -0.05) is 13.2 Å². The van der Waals surface area contributed by atoms with Crippen molar-refractivity contribution in [3.8, 4) is 0 Å². The van der Waals surface area contributed by atoms with Gasteiger partial charge in [0.1, 0.15) is 0 Å². The van der Waals surface area contributed by atoms with Crippen molar-refractivity contribution >= 4 is 11.8 Å². The predicted molar refractivity (Wildman–Crippen MR) is 48.8 cm³/mol. The molecule has 0 spiro atoms. The van der Waals surface area contributed by atoms with Gasteiger partial charge in [-0.05, 0) is 18.6 Å². The van der Waals surface area contributed by atoms with Gasteiger partial charge in [0.15, 0.2) is 0 Å². The molecule has 0 amide bonds. The maximum atomic E-state index is 5.57. The lowest BCUT2D eigenvalue weighted by atomic mass is 10.1. The second-order valence-electron chi connectivity index (χ2n) is 2.49. The van der Waals surface area contributed by atoms with Crippen LogP contribution in [0.25, 0.3) is 11.8 Å². The van der Waals surface area contributed by atoms with Crippen LogP contribution >= 0.6 is 0 Å². The number of aromatic nitrogens is 1. The van der Waals surface area contributed by atoms with E-state index in [0.717, 1.165) is 16.8 Å². The first-order chi connectivity index (χ1) is 5.16. The van der Waals surface area contributed by atoms with Gasteiger partial charge in [0.05, 0.1) is 0 Å². The van der Waals surface area contributed by atoms with Gasteiger partial charge in [0.25, 0.3) is 0 Å². The highest BCUT2D eigenvalue weighted by molar-refractivity contribution is 5.71. The third kappa shape index (κ3) is 1.19. The molecule has 0 aromatic carbocycles. The van der Waals surface area contributed by atoms with Crippen LogP contribution in [0.2, 0.25) is 0 Å². The minimum atomic E-state index is 0.582. The minimum Gasteiger partial charge on any atom is -0.399 e. The van der Waals surface area contributed by atoms with Crippen LogP contribution in [-0.2, 0) is 0 Å². The highest BCUT2D eigenvalue weighted by atomic mass is 14.7. The molecule has 0 unspecified atom stereocenters. The van der Waals surface area contributed by atoms with Crippen molar-refractivity contribution < 1.29 is 0 Å². The number of aryl methyl sites for hydroxylation is 1. The predicted octanol–water partition coefficient (Wildman–Crippen LogP) is 1.90. The Bertz CT molecular complexity index is 295. The molecule has 0 fully saturated rings. The van der Waals surface area contributed by atoms with Crippen molar-refractivity contribution in [3.63, 3.8) is 0 Å². The molecule has 2 heteroatoms. The molecule has 0 aliphatic rings. The molecule has 0 saturated heterocycles. The van der Waals surface area contributed by atoms with E-state index in [1.54, 1.807) is 6.08 Å². The van der Waals surface area contributed by atoms with Crippen molar-refractivity contribution in [1.82, 2.24) is 4.98 Å². The monoisotopic (exact) mass is 148 g/mol. The number of hydrogen-bond donors (Lipinski definition) is 2. The Labute approximate surface area is 66.4 Å². The third-order valence-corrected chi connectivity index (χ3v) is 1.63. The molecule has 11 heavy (non-hydrogen) atoms. The fraction of sp³-hybridized carbons (Fsp3) is 0.111. The number of nitrogens with two attached hydrogens (primary N) is 1. The first-order valence-corrected chi connectivity index (χ1v) is 3.42. The second-order valence-corrected chi connectivity index (χ2v) is 2.49. The van der Waals surface area contributed by atoms with Gasteiger partial charge in [0.2, 0.25) is 0 Å². The lowest BCUT2D eigenvalue weighted by Crippen LogP contribution is -1.95. The van der Waals surface area contributed by atoms with Gasteiger partial charge in [-0.3, -0.25) is 0 Å². The van der Waals surface area contributed by atoms with E-state index in [2.05, 4.69) is 18.1 Å². The van der Waals surface area contributed by atoms with E-state index in [-0.39, 0.29) is 0 Å². The van der Waals surface area contributed by atoms with Crippen LogP contribution in [0.4, 0.5) is 0 Å². The first kappa shape index (κ1) is 7.66. The quantitative estimate of drug-likeness (QED) is 0.660. The van der Waals surface area contributed by atoms with E-state index in [4.69, 9.17) is 5.73 Å². The molecule has 1 aromatic heterocycles. The second kappa shape index (κ2) is 2.66. The maximum absolute atomic E-state index is 5.57. The first-order valence-electron chi connectivity index (χ1n) is 3.42. The van der Waals surface area contributed by atoms with Crippen molar-refractivity contribution in [2.75, 3.05) is 0 Å². The molecular weight excluding hydrogens is 136 g/mol. The van der Waals surface area contributed by atoms with Crippen LogP contribution in [0.15, 0.2) is 19.4 Å². The van der Waals surface area contributed by atoms with Gasteiger partial charge >= 0.3 is 0 Å². The summed E-state index contributed by atoms with van der Waals surface area (Å²) in [6.07, 6.45) is 3.63. The SMILES string of the molecule is C=Cc1[nH]cc(C)c1C(=C)N. The summed E-state index contributed by atoms with van der Waals surface area (Å²) in [7, 11) is 0. The molecule has 0 atom stereocenters. The Kier molecular flexibility index (Phi) is 1.85. The molecule has 2 nitrogen and oxygen atoms in total. The lowest BCUT2D eigenvalue weighted by Gasteiger charge is -1.99. The van der Waals surface area contributed by atoms with E-state index in [1.807, 2.05) is 13.1 Å². The Morgan fingerprint density at radius 1 is 1.73 bits per heavy atom. The van der Waals surface area contributed by atoms with E-state index >= 15 is 0 Å². The number of H-pyrrole nitrogens is 1. The molecular formula is C9H12N2. The van der Waals surface area contributed by atoms with Crippen molar-refractivity contribution in [2.24, 2.45) is 5.73 Å². The largest absolute Gasteiger partial charge is 0.399 e. The highest BCUT2D eigenvalue weighted by Gasteiger charge is 2.05. The van der Waals surface area contributed by atoms with Crippen LogP contribution in [0.5, 0.6) is 0 Å². The molecule has 0 aliphatic carbocycles. The van der Waals surface area contributed by atoms with E-state index in [9.17, 15) is 0 Å². The lowest BCUT2D eigenvalue weighted by molar-refractivity contribution is 1.36. The fourth-order valence-electron chi connectivity index (χ4n) is 1.13. The van der Waals surface area contributed by atoms with Crippen LogP contribution in [-0.4, -0.2) is 4.98 Å². The van der Waals surface area contributed by atoms with Gasteiger partial charge in [-0.15, -0.1) is 0 Å². The Hall–Kier alpha value is -1.44. The molecule has 0 radical (unpaired) electrons. The fourth-order valence-corrected chi connectivity index (χ4v) is 1.13. The topological polar surface area (TPSA) is 41.8 Å². The molecule has 0 aliphatic heterocycles. The number of rotatable bonds is 2. The number of hydrogen-bond acceptors (Lipinski definition) is 1. The molecule has 0 bridgehead atoms. The van der Waals surface area contributed by atoms with E-state index in [1.165, 1.54) is 0 Å². The average Bonchev–Trinajstić information content (AvgIpc) is 2.30. The zero-order valence-corrected chi connectivity index (χ0v) is 6.65. The Morgan fingerprint density at radius 2 is 2.36 bits per heavy atom. The standard InChI is InChI=1S/C9H12N2/c1-4-8-9(7(3)10)6(2)5-11-8/h4-5,11H,1,3,10H2,2H3. The summed E-state index contributed by atoms with van der Waals surface area (Å²) in [4.78, 5) is 3.05. The zero-order chi connectivity index (χ0) is 8.43. The molecule has 58 valence electrons. The van der Waals surface area contributed by atoms with Crippen LogP contribution < -0.4 is 5.73 Å². The van der Waals surface area contributed by atoms with Gasteiger partial charge in [-0.25, -0.2) is 0 Å². The number of aromatic amines is 1. The van der Waals surface area contributed by atoms with Crippen molar-refractivity contribution in [1.29, 1.82) is 0 Å². The molecule has 1 heterocycles. The van der Waals surface area contributed by atoms with Crippen LogP contribution in [0.1, 0.15) is 16.8 Å². The van der Waals surface area contributed by atoms with Gasteiger partial charge in [0, 0.05) is 23.2 Å². The van der Waals surface area contributed by atoms with Crippen molar-refractivity contribution in [2.45, 2.75) is 6.92 Å². The van der Waals surface area contributed by atoms with E-state index in [0.29, 0.717) is 5.70 Å². The minimum absolute atomic E-state index is 0.582. The molecule has 1 aromatic rings. The summed E-state index contributed by atoms with van der Waals surface area (Å²) in [5.74, 6) is 0. The smallest absolute Gasteiger partial charge is 0.0471 e. The average molecular weight is 148 g/mol. The van der Waals surface area contributed by atoms with E-state index < -0.39 is 0 Å². The van der Waals surface area contributed by atoms with Gasteiger partial charge in [-0.2, -0.15) is 0 Å². The van der Waals surface area contributed by atoms with Crippen LogP contribution in [0, 0.1) is 6.92 Å². The normalized spacial score (nSPS) is 9.55. The summed E-state index contributed by atoms with van der Waals surface area (Å²) in [6.45, 7) is 9.32. The van der Waals surface area contributed by atoms with Gasteiger partial charge < -0.3 is 10.7 Å². The summed E-state index contributed by atoms with van der Waals surface area (Å²) in [5, 5.41) is 0. The molecule has 0 saturated carbocycles. The zero-order valence-electron chi connectivity index (χ0n) is 6.65. The summed E-state index contributed by atoms with van der Waals surface area (Å²) in [5.41, 5.74) is 9.17. The Morgan fingerprint density at radius 3 is 2.73 bits per heavy atom. The summed E-state index contributed by atoms with van der Waals surface area (Å²) >= 11 is 0. The highest BCUT2D eigenvalue weighted by Crippen LogP contribution is 2.18. The number of nitrogens with one attached hydrogen (secondary N) is 1. The Balaban J connectivity index is 3.28. The molecule has 3 N–H and O–H groups in total. The van der Waals surface area contributed by atoms with Crippen LogP contribution in [0.3, 0.4) is 0 Å². The summed E-state index contributed by atoms with van der Waals surface area (Å²) in [6, 6.07) is 0. The maximum Gasteiger partial charge on any atom is 0.0471 e. The third-order valence-electron chi connectivity index (χ3n) is 1.63.